The van der Waals surface area contributed by atoms with Gasteiger partial charge in [-0.2, -0.15) is 0 Å². The Balaban J connectivity index is 2.89. The van der Waals surface area contributed by atoms with Gasteiger partial charge in [-0.25, -0.2) is 4.79 Å². The van der Waals surface area contributed by atoms with Crippen LogP contribution in [0.1, 0.15) is 30.6 Å². The van der Waals surface area contributed by atoms with Gasteiger partial charge < -0.3 is 10.4 Å². The van der Waals surface area contributed by atoms with Crippen molar-refractivity contribution < 1.29 is 14.7 Å². The third-order valence-corrected chi connectivity index (χ3v) is 2.97. The van der Waals surface area contributed by atoms with Gasteiger partial charge in [0.15, 0.2) is 0 Å². The van der Waals surface area contributed by atoms with E-state index in [9.17, 15) is 9.59 Å². The second-order valence-electron chi connectivity index (χ2n) is 3.84. The molecular weight excluding hydrogens is 288 g/mol. The van der Waals surface area contributed by atoms with Crippen LogP contribution >= 0.6 is 15.9 Å². The van der Waals surface area contributed by atoms with Crippen molar-refractivity contribution in [2.45, 2.75) is 25.8 Å². The zero-order valence-corrected chi connectivity index (χ0v) is 11.1. The average molecular weight is 301 g/mol. The van der Waals surface area contributed by atoms with Gasteiger partial charge in [-0.1, -0.05) is 6.92 Å². The molecule has 1 aromatic heterocycles. The van der Waals surface area contributed by atoms with Crippen molar-refractivity contribution in [1.29, 1.82) is 0 Å². The molecule has 1 heterocycles. The topological polar surface area (TPSA) is 79.3 Å². The molecule has 0 saturated heterocycles. The van der Waals surface area contributed by atoms with Crippen molar-refractivity contribution >= 4 is 27.8 Å². The Morgan fingerprint density at radius 1 is 1.53 bits per heavy atom. The van der Waals surface area contributed by atoms with E-state index in [0.717, 1.165) is 0 Å². The number of carboxylic acid groups (broad SMARTS) is 1. The van der Waals surface area contributed by atoms with E-state index < -0.39 is 17.4 Å². The van der Waals surface area contributed by atoms with Crippen LogP contribution in [-0.2, 0) is 4.79 Å². The number of halogens is 1. The lowest BCUT2D eigenvalue weighted by Gasteiger charge is -2.24. The molecule has 0 bridgehead atoms. The van der Waals surface area contributed by atoms with E-state index in [0.29, 0.717) is 16.5 Å². The summed E-state index contributed by atoms with van der Waals surface area (Å²) < 4.78 is 0.665. The van der Waals surface area contributed by atoms with Gasteiger partial charge in [-0.3, -0.25) is 9.78 Å². The lowest BCUT2D eigenvalue weighted by atomic mass is 9.99. The number of amides is 1. The lowest BCUT2D eigenvalue weighted by Crippen LogP contribution is -2.51. The fraction of sp³-hybridized carbons (Fsp3) is 0.364. The highest BCUT2D eigenvalue weighted by atomic mass is 79.9. The molecular formula is C11H13BrN2O3. The quantitative estimate of drug-likeness (QED) is 0.889. The molecule has 0 aliphatic carbocycles. The van der Waals surface area contributed by atoms with Crippen molar-refractivity contribution in [1.82, 2.24) is 10.3 Å². The largest absolute Gasteiger partial charge is 0.480 e. The number of carbonyl (C=O) groups is 2. The summed E-state index contributed by atoms with van der Waals surface area (Å²) in [6, 6.07) is 1.58. The number of carboxylic acids is 1. The number of pyridine rings is 1. The molecule has 0 fully saturated rings. The summed E-state index contributed by atoms with van der Waals surface area (Å²) in [7, 11) is 0. The number of hydrogen-bond acceptors (Lipinski definition) is 3. The Bertz CT molecular complexity index is 450. The minimum absolute atomic E-state index is 0.301. The molecule has 6 heteroatoms. The second kappa shape index (κ2) is 5.27. The molecule has 1 atom stereocenters. The molecule has 1 aromatic rings. The van der Waals surface area contributed by atoms with Crippen LogP contribution in [0.4, 0.5) is 0 Å². The normalized spacial score (nSPS) is 13.8. The Kier molecular flexibility index (Phi) is 4.22. The van der Waals surface area contributed by atoms with Gasteiger partial charge in [0.1, 0.15) is 5.54 Å². The summed E-state index contributed by atoms with van der Waals surface area (Å²) in [4.78, 5) is 26.7. The maximum absolute atomic E-state index is 11.8. The first-order valence-electron chi connectivity index (χ1n) is 5.05. The Labute approximate surface area is 107 Å². The summed E-state index contributed by atoms with van der Waals surface area (Å²) in [5, 5.41) is 11.5. The molecule has 0 aromatic carbocycles. The van der Waals surface area contributed by atoms with Crippen LogP contribution in [0.25, 0.3) is 0 Å². The molecule has 1 rings (SSSR count). The van der Waals surface area contributed by atoms with E-state index in [1.807, 2.05) is 0 Å². The number of hydrogen-bond donors (Lipinski definition) is 2. The molecule has 2 N–H and O–H groups in total. The molecule has 1 unspecified atom stereocenters. The van der Waals surface area contributed by atoms with E-state index in [1.165, 1.54) is 13.1 Å². The standard InChI is InChI=1S/C11H13BrN2O3/c1-3-11(2,10(16)17)14-9(15)7-4-8(12)6-13-5-7/h4-6H,3H2,1-2H3,(H,14,15)(H,16,17). The smallest absolute Gasteiger partial charge is 0.329 e. The van der Waals surface area contributed by atoms with Crippen molar-refractivity contribution in [3.05, 3.63) is 28.5 Å². The molecule has 0 spiro atoms. The molecule has 0 saturated carbocycles. The second-order valence-corrected chi connectivity index (χ2v) is 4.75. The molecule has 92 valence electrons. The lowest BCUT2D eigenvalue weighted by molar-refractivity contribution is -0.143. The first kappa shape index (κ1) is 13.6. The average Bonchev–Trinajstić information content (AvgIpc) is 2.28. The SMILES string of the molecule is CCC(C)(NC(=O)c1cncc(Br)c1)C(=O)O. The summed E-state index contributed by atoms with van der Waals surface area (Å²) in [6.45, 7) is 3.17. The Morgan fingerprint density at radius 3 is 2.65 bits per heavy atom. The fourth-order valence-corrected chi connectivity index (χ4v) is 1.52. The van der Waals surface area contributed by atoms with Crippen molar-refractivity contribution in [3.8, 4) is 0 Å². The highest BCUT2D eigenvalue weighted by Gasteiger charge is 2.33. The Hall–Kier alpha value is -1.43. The number of aliphatic carboxylic acids is 1. The summed E-state index contributed by atoms with van der Waals surface area (Å²) >= 11 is 3.20. The first-order chi connectivity index (χ1) is 7.89. The predicted octanol–water partition coefficient (Wildman–Crippen LogP) is 1.83. The van der Waals surface area contributed by atoms with Gasteiger partial charge in [0.05, 0.1) is 5.56 Å². The van der Waals surface area contributed by atoms with Gasteiger partial charge in [0, 0.05) is 16.9 Å². The van der Waals surface area contributed by atoms with Gasteiger partial charge in [0.25, 0.3) is 5.91 Å². The summed E-state index contributed by atoms with van der Waals surface area (Å²) in [6.07, 6.45) is 3.24. The minimum atomic E-state index is -1.26. The monoisotopic (exact) mass is 300 g/mol. The van der Waals surface area contributed by atoms with Crippen LogP contribution in [0.15, 0.2) is 22.9 Å². The van der Waals surface area contributed by atoms with Crippen molar-refractivity contribution in [2.75, 3.05) is 0 Å². The van der Waals surface area contributed by atoms with E-state index in [-0.39, 0.29) is 0 Å². The molecule has 5 nitrogen and oxygen atoms in total. The van der Waals surface area contributed by atoms with Crippen LogP contribution in [0.3, 0.4) is 0 Å². The van der Waals surface area contributed by atoms with Crippen LogP contribution in [0, 0.1) is 0 Å². The zero-order valence-electron chi connectivity index (χ0n) is 9.53. The number of nitrogens with one attached hydrogen (secondary N) is 1. The number of nitrogens with zero attached hydrogens (tertiary/aromatic N) is 1. The van der Waals surface area contributed by atoms with Crippen LogP contribution < -0.4 is 5.32 Å². The number of carbonyl (C=O) groups excluding carboxylic acids is 1. The maximum Gasteiger partial charge on any atom is 0.329 e. The van der Waals surface area contributed by atoms with Gasteiger partial charge >= 0.3 is 5.97 Å². The van der Waals surface area contributed by atoms with Crippen LogP contribution in [0.5, 0.6) is 0 Å². The van der Waals surface area contributed by atoms with Crippen LogP contribution in [0.2, 0.25) is 0 Å². The molecule has 17 heavy (non-hydrogen) atoms. The van der Waals surface area contributed by atoms with Gasteiger partial charge in [-0.15, -0.1) is 0 Å². The maximum atomic E-state index is 11.8. The molecule has 0 radical (unpaired) electrons. The zero-order chi connectivity index (χ0) is 13.1. The number of rotatable bonds is 4. The summed E-state index contributed by atoms with van der Waals surface area (Å²) in [5.41, 5.74) is -0.945. The van der Waals surface area contributed by atoms with E-state index in [4.69, 9.17) is 5.11 Å². The van der Waals surface area contributed by atoms with Crippen molar-refractivity contribution in [3.63, 3.8) is 0 Å². The molecule has 1 amide bonds. The van der Waals surface area contributed by atoms with Crippen molar-refractivity contribution in [2.24, 2.45) is 0 Å². The van der Waals surface area contributed by atoms with Gasteiger partial charge in [-0.05, 0) is 35.3 Å². The van der Waals surface area contributed by atoms with Gasteiger partial charge in [0.2, 0.25) is 0 Å². The highest BCUT2D eigenvalue weighted by molar-refractivity contribution is 9.10. The summed E-state index contributed by atoms with van der Waals surface area (Å²) in [5.74, 6) is -1.51. The van der Waals surface area contributed by atoms with Crippen LogP contribution in [-0.4, -0.2) is 27.5 Å². The highest BCUT2D eigenvalue weighted by Crippen LogP contribution is 2.13. The van der Waals surface area contributed by atoms with E-state index in [1.54, 1.807) is 19.2 Å². The third-order valence-electron chi connectivity index (χ3n) is 2.54. The third kappa shape index (κ3) is 3.26. The number of aromatic nitrogens is 1. The minimum Gasteiger partial charge on any atom is -0.480 e. The molecule has 0 aliphatic heterocycles. The fourth-order valence-electron chi connectivity index (χ4n) is 1.15. The first-order valence-corrected chi connectivity index (χ1v) is 5.85. The van der Waals surface area contributed by atoms with E-state index >= 15 is 0 Å². The van der Waals surface area contributed by atoms with E-state index in [2.05, 4.69) is 26.2 Å². The Morgan fingerprint density at radius 2 is 2.18 bits per heavy atom. The predicted molar refractivity (Wildman–Crippen MR) is 65.7 cm³/mol. The molecule has 0 aliphatic rings.